The van der Waals surface area contributed by atoms with Gasteiger partial charge in [0.15, 0.2) is 6.10 Å². The summed E-state index contributed by atoms with van der Waals surface area (Å²) < 4.78 is 19.0. The summed E-state index contributed by atoms with van der Waals surface area (Å²) in [6.45, 7) is 1.65. The van der Waals surface area contributed by atoms with Crippen LogP contribution in [0.4, 0.5) is 4.39 Å². The van der Waals surface area contributed by atoms with Gasteiger partial charge >= 0.3 is 0 Å². The van der Waals surface area contributed by atoms with Crippen LogP contribution >= 0.6 is 15.9 Å². The third-order valence-electron chi connectivity index (χ3n) is 2.50. The largest absolute Gasteiger partial charge is 0.481 e. The van der Waals surface area contributed by atoms with Gasteiger partial charge in [-0.3, -0.25) is 4.79 Å². The van der Waals surface area contributed by atoms with E-state index in [9.17, 15) is 9.18 Å². The maximum Gasteiger partial charge on any atom is 0.260 e. The first-order chi connectivity index (χ1) is 8.06. The lowest BCUT2D eigenvalue weighted by Gasteiger charge is -2.14. The first-order valence-corrected chi connectivity index (χ1v) is 6.27. The van der Waals surface area contributed by atoms with Gasteiger partial charge in [0.1, 0.15) is 11.6 Å². The minimum absolute atomic E-state index is 0.157. The van der Waals surface area contributed by atoms with E-state index in [2.05, 4.69) is 21.2 Å². The topological polar surface area (TPSA) is 38.3 Å². The van der Waals surface area contributed by atoms with E-state index in [-0.39, 0.29) is 5.91 Å². The molecule has 1 atom stereocenters. The van der Waals surface area contributed by atoms with E-state index in [4.69, 9.17) is 4.74 Å². The maximum absolute atomic E-state index is 13.2. The van der Waals surface area contributed by atoms with E-state index >= 15 is 0 Å². The van der Waals surface area contributed by atoms with Crippen LogP contribution in [0.25, 0.3) is 0 Å². The molecule has 0 spiro atoms. The van der Waals surface area contributed by atoms with Crippen LogP contribution in [-0.4, -0.2) is 18.1 Å². The summed E-state index contributed by atoms with van der Waals surface area (Å²) in [6, 6.07) is 4.73. The number of hydrogen-bond donors (Lipinski definition) is 1. The number of ether oxygens (including phenoxy) is 1. The summed E-state index contributed by atoms with van der Waals surface area (Å²) in [7, 11) is 0. The van der Waals surface area contributed by atoms with Gasteiger partial charge in [0.2, 0.25) is 0 Å². The van der Waals surface area contributed by atoms with Gasteiger partial charge in [-0.15, -0.1) is 0 Å². The molecule has 2 rings (SSSR count). The van der Waals surface area contributed by atoms with Crippen molar-refractivity contribution in [2.75, 3.05) is 0 Å². The van der Waals surface area contributed by atoms with E-state index in [1.165, 1.54) is 6.07 Å². The van der Waals surface area contributed by atoms with Crippen molar-refractivity contribution in [3.8, 4) is 5.75 Å². The molecule has 0 heterocycles. The van der Waals surface area contributed by atoms with E-state index in [0.717, 1.165) is 12.8 Å². The van der Waals surface area contributed by atoms with Gasteiger partial charge in [-0.1, -0.05) is 0 Å². The predicted molar refractivity (Wildman–Crippen MR) is 65.4 cm³/mol. The summed E-state index contributed by atoms with van der Waals surface area (Å²) in [5.74, 6) is -0.211. The van der Waals surface area contributed by atoms with Crippen LogP contribution in [0.15, 0.2) is 22.7 Å². The zero-order chi connectivity index (χ0) is 12.4. The number of nitrogens with one attached hydrogen (secondary N) is 1. The van der Waals surface area contributed by atoms with Crippen molar-refractivity contribution in [3.05, 3.63) is 28.5 Å². The Hall–Kier alpha value is -1.10. The second kappa shape index (κ2) is 5.04. The van der Waals surface area contributed by atoms with E-state index in [0.29, 0.717) is 16.3 Å². The Labute approximate surface area is 107 Å². The molecule has 17 heavy (non-hydrogen) atoms. The van der Waals surface area contributed by atoms with Gasteiger partial charge < -0.3 is 10.1 Å². The molecular formula is C12H13BrFNO2. The van der Waals surface area contributed by atoms with Gasteiger partial charge in [0.25, 0.3) is 5.91 Å². The van der Waals surface area contributed by atoms with Gasteiger partial charge in [-0.2, -0.15) is 0 Å². The van der Waals surface area contributed by atoms with E-state index in [1.54, 1.807) is 19.1 Å². The Kier molecular flexibility index (Phi) is 3.66. The minimum atomic E-state index is -0.615. The normalized spacial score (nSPS) is 16.4. The zero-order valence-corrected chi connectivity index (χ0v) is 11.0. The second-order valence-corrected chi connectivity index (χ2v) is 4.97. The van der Waals surface area contributed by atoms with Crippen LogP contribution in [0.1, 0.15) is 19.8 Å². The monoisotopic (exact) mass is 301 g/mol. The fourth-order valence-corrected chi connectivity index (χ4v) is 1.60. The molecule has 0 aromatic heterocycles. The van der Waals surface area contributed by atoms with Crippen molar-refractivity contribution in [2.45, 2.75) is 31.9 Å². The quantitative estimate of drug-likeness (QED) is 0.928. The zero-order valence-electron chi connectivity index (χ0n) is 9.37. The number of hydrogen-bond acceptors (Lipinski definition) is 2. The molecule has 1 N–H and O–H groups in total. The molecule has 1 unspecified atom stereocenters. The predicted octanol–water partition coefficient (Wildman–Crippen LogP) is 2.63. The molecule has 1 aromatic rings. The SMILES string of the molecule is CC(Oc1ccc(Br)c(F)c1)C(=O)NC1CC1. The minimum Gasteiger partial charge on any atom is -0.481 e. The van der Waals surface area contributed by atoms with Crippen LogP contribution in [0.3, 0.4) is 0 Å². The Morgan fingerprint density at radius 2 is 2.29 bits per heavy atom. The summed E-state index contributed by atoms with van der Waals surface area (Å²) in [6.07, 6.45) is 1.45. The molecule has 3 nitrogen and oxygen atoms in total. The van der Waals surface area contributed by atoms with Gasteiger partial charge in [-0.05, 0) is 47.8 Å². The first kappa shape index (κ1) is 12.4. The summed E-state index contributed by atoms with van der Waals surface area (Å²) in [5.41, 5.74) is 0. The van der Waals surface area contributed by atoms with Gasteiger partial charge in [0.05, 0.1) is 4.47 Å². The summed E-state index contributed by atoms with van der Waals surface area (Å²) in [5, 5.41) is 2.83. The van der Waals surface area contributed by atoms with Crippen LogP contribution in [0.5, 0.6) is 5.75 Å². The molecule has 0 radical (unpaired) electrons. The molecule has 1 fully saturated rings. The lowest BCUT2D eigenvalue weighted by atomic mass is 10.3. The molecular weight excluding hydrogens is 289 g/mol. The molecule has 5 heteroatoms. The number of rotatable bonds is 4. The number of halogens is 2. The van der Waals surface area contributed by atoms with Crippen molar-refractivity contribution >= 4 is 21.8 Å². The fourth-order valence-electron chi connectivity index (χ4n) is 1.35. The summed E-state index contributed by atoms with van der Waals surface area (Å²) in [4.78, 5) is 11.6. The highest BCUT2D eigenvalue weighted by atomic mass is 79.9. The van der Waals surface area contributed by atoms with Crippen molar-refractivity contribution in [2.24, 2.45) is 0 Å². The van der Waals surface area contributed by atoms with Crippen molar-refractivity contribution in [1.82, 2.24) is 5.32 Å². The molecule has 1 aliphatic rings. The Balaban J connectivity index is 1.94. The maximum atomic E-state index is 13.2. The van der Waals surface area contributed by atoms with Crippen molar-refractivity contribution < 1.29 is 13.9 Å². The first-order valence-electron chi connectivity index (χ1n) is 5.48. The summed E-state index contributed by atoms with van der Waals surface area (Å²) >= 11 is 3.06. The van der Waals surface area contributed by atoms with E-state index in [1.807, 2.05) is 0 Å². The number of benzene rings is 1. The second-order valence-electron chi connectivity index (χ2n) is 4.12. The molecule has 1 aromatic carbocycles. The van der Waals surface area contributed by atoms with E-state index < -0.39 is 11.9 Å². The Bertz CT molecular complexity index is 435. The van der Waals surface area contributed by atoms with Crippen LogP contribution < -0.4 is 10.1 Å². The Morgan fingerprint density at radius 1 is 1.59 bits per heavy atom. The third-order valence-corrected chi connectivity index (χ3v) is 3.14. The van der Waals surface area contributed by atoms with Crippen molar-refractivity contribution in [1.29, 1.82) is 0 Å². The Morgan fingerprint density at radius 3 is 2.88 bits per heavy atom. The molecule has 1 aliphatic carbocycles. The average Bonchev–Trinajstić information content (AvgIpc) is 3.07. The highest BCUT2D eigenvalue weighted by Gasteiger charge is 2.26. The lowest BCUT2D eigenvalue weighted by molar-refractivity contribution is -0.127. The average molecular weight is 302 g/mol. The molecule has 1 saturated carbocycles. The van der Waals surface area contributed by atoms with Crippen LogP contribution in [-0.2, 0) is 4.79 Å². The number of amides is 1. The smallest absolute Gasteiger partial charge is 0.260 e. The van der Waals surface area contributed by atoms with Crippen LogP contribution in [0, 0.1) is 5.82 Å². The highest BCUT2D eigenvalue weighted by molar-refractivity contribution is 9.10. The van der Waals surface area contributed by atoms with Crippen LogP contribution in [0.2, 0.25) is 0 Å². The fraction of sp³-hybridized carbons (Fsp3) is 0.417. The van der Waals surface area contributed by atoms with Crippen molar-refractivity contribution in [3.63, 3.8) is 0 Å². The molecule has 0 bridgehead atoms. The lowest BCUT2D eigenvalue weighted by Crippen LogP contribution is -2.37. The highest BCUT2D eigenvalue weighted by Crippen LogP contribution is 2.22. The van der Waals surface area contributed by atoms with Gasteiger partial charge in [0, 0.05) is 12.1 Å². The number of carbonyl (C=O) groups excluding carboxylic acids is 1. The molecule has 0 saturated heterocycles. The molecule has 0 aliphatic heterocycles. The molecule has 1 amide bonds. The van der Waals surface area contributed by atoms with Gasteiger partial charge in [-0.25, -0.2) is 4.39 Å². The number of carbonyl (C=O) groups is 1. The third kappa shape index (κ3) is 3.43. The standard InChI is InChI=1S/C12H13BrFNO2/c1-7(12(16)15-8-2-3-8)17-9-4-5-10(13)11(14)6-9/h4-8H,2-3H2,1H3,(H,15,16). The molecule has 92 valence electrons.